The van der Waals surface area contributed by atoms with Gasteiger partial charge in [0.25, 0.3) is 0 Å². The van der Waals surface area contributed by atoms with Crippen LogP contribution in [0.5, 0.6) is 28.7 Å². The fraction of sp³-hybridized carbons (Fsp3) is 0.385. The summed E-state index contributed by atoms with van der Waals surface area (Å²) in [6.45, 7) is 7.60. The number of benzene rings is 2. The third kappa shape index (κ3) is 3.71. The maximum absolute atomic E-state index is 11.4. The lowest BCUT2D eigenvalue weighted by atomic mass is 9.76. The van der Waals surface area contributed by atoms with E-state index in [-0.39, 0.29) is 18.6 Å². The van der Waals surface area contributed by atoms with Crippen molar-refractivity contribution in [3.8, 4) is 28.7 Å². The Labute approximate surface area is 202 Å². The van der Waals surface area contributed by atoms with E-state index in [0.29, 0.717) is 46.4 Å². The second kappa shape index (κ2) is 8.41. The number of aliphatic carboxylic acids is 1. The normalized spacial score (nSPS) is 23.5. The standard InChI is InChI=1S/C26H27NO8/c1-13(2)18-9-16-17(34-18)7-6-14(25(16)32-11-22(28)29)24-23-15-8-20(30-4)21(31-5)10-19(15)33-12-26(23,3)35-27-24/h6-8,10,18,23H,1,9,11-12H2,2-5H3,(H,28,29)/t18-,23?,26?/m1/s1. The van der Waals surface area contributed by atoms with Crippen LogP contribution in [0, 0.1) is 0 Å². The molecule has 184 valence electrons. The fourth-order valence-electron chi connectivity index (χ4n) is 4.86. The van der Waals surface area contributed by atoms with Gasteiger partial charge in [-0.1, -0.05) is 11.7 Å². The van der Waals surface area contributed by atoms with Crippen LogP contribution < -0.4 is 23.7 Å². The summed E-state index contributed by atoms with van der Waals surface area (Å²) in [5, 5.41) is 13.8. The predicted molar refractivity (Wildman–Crippen MR) is 126 cm³/mol. The number of ether oxygens (including phenoxy) is 5. The number of fused-ring (bicyclic) bond motifs is 4. The van der Waals surface area contributed by atoms with Crippen molar-refractivity contribution in [3.05, 3.63) is 53.1 Å². The van der Waals surface area contributed by atoms with Gasteiger partial charge in [0.1, 0.15) is 35.7 Å². The molecule has 9 nitrogen and oxygen atoms in total. The van der Waals surface area contributed by atoms with Crippen molar-refractivity contribution in [3.63, 3.8) is 0 Å². The van der Waals surface area contributed by atoms with Gasteiger partial charge in [0, 0.05) is 29.2 Å². The summed E-state index contributed by atoms with van der Waals surface area (Å²) < 4.78 is 28.9. The van der Waals surface area contributed by atoms with Crippen molar-refractivity contribution in [1.29, 1.82) is 0 Å². The number of carboxylic acids is 1. The van der Waals surface area contributed by atoms with E-state index in [9.17, 15) is 9.90 Å². The second-order valence-electron chi connectivity index (χ2n) is 9.11. The summed E-state index contributed by atoms with van der Waals surface area (Å²) in [6.07, 6.45) is 0.314. The molecule has 0 aromatic heterocycles. The van der Waals surface area contributed by atoms with Gasteiger partial charge < -0.3 is 33.6 Å². The average Bonchev–Trinajstić information content (AvgIpc) is 3.43. The molecule has 2 aromatic rings. The molecule has 0 spiro atoms. The molecular weight excluding hydrogens is 454 g/mol. The molecule has 2 aromatic carbocycles. The van der Waals surface area contributed by atoms with E-state index in [4.69, 9.17) is 28.5 Å². The van der Waals surface area contributed by atoms with Crippen LogP contribution in [0.3, 0.4) is 0 Å². The third-order valence-electron chi connectivity index (χ3n) is 6.62. The van der Waals surface area contributed by atoms with Crippen molar-refractivity contribution < 1.29 is 38.4 Å². The van der Waals surface area contributed by atoms with E-state index >= 15 is 0 Å². The lowest BCUT2D eigenvalue weighted by Crippen LogP contribution is -2.43. The third-order valence-corrected chi connectivity index (χ3v) is 6.62. The smallest absolute Gasteiger partial charge is 0.341 e. The highest BCUT2D eigenvalue weighted by atomic mass is 16.7. The Balaban J connectivity index is 1.63. The van der Waals surface area contributed by atoms with Crippen LogP contribution in [0.15, 0.2) is 41.6 Å². The summed E-state index contributed by atoms with van der Waals surface area (Å²) in [5.41, 5.74) is 2.97. The number of rotatable bonds is 7. The zero-order valence-electron chi connectivity index (χ0n) is 20.0. The zero-order valence-corrected chi connectivity index (χ0v) is 20.0. The first-order chi connectivity index (χ1) is 16.8. The highest BCUT2D eigenvalue weighted by Gasteiger charge is 2.52. The Morgan fingerprint density at radius 3 is 2.66 bits per heavy atom. The first-order valence-corrected chi connectivity index (χ1v) is 11.2. The predicted octanol–water partition coefficient (Wildman–Crippen LogP) is 3.72. The molecule has 2 unspecified atom stereocenters. The molecule has 35 heavy (non-hydrogen) atoms. The number of hydrogen-bond acceptors (Lipinski definition) is 8. The van der Waals surface area contributed by atoms with Crippen molar-refractivity contribution >= 4 is 11.7 Å². The first-order valence-electron chi connectivity index (χ1n) is 11.2. The molecule has 3 heterocycles. The topological polar surface area (TPSA) is 105 Å². The minimum atomic E-state index is -1.08. The number of methoxy groups -OCH3 is 2. The number of oxime groups is 1. The van der Waals surface area contributed by atoms with E-state index in [1.165, 1.54) is 0 Å². The van der Waals surface area contributed by atoms with Gasteiger partial charge in [-0.15, -0.1) is 0 Å². The Kier molecular flexibility index (Phi) is 5.50. The summed E-state index contributed by atoms with van der Waals surface area (Å²) >= 11 is 0. The molecule has 0 saturated heterocycles. The lowest BCUT2D eigenvalue weighted by Gasteiger charge is -2.36. The highest BCUT2D eigenvalue weighted by Crippen LogP contribution is 2.52. The number of hydrogen-bond donors (Lipinski definition) is 1. The Morgan fingerprint density at radius 1 is 1.23 bits per heavy atom. The highest BCUT2D eigenvalue weighted by molar-refractivity contribution is 6.09. The minimum absolute atomic E-state index is 0.208. The average molecular weight is 482 g/mol. The quantitative estimate of drug-likeness (QED) is 0.597. The van der Waals surface area contributed by atoms with E-state index in [1.54, 1.807) is 20.3 Å². The summed E-state index contributed by atoms with van der Waals surface area (Å²) in [5.74, 6) is 1.42. The number of nitrogens with zero attached hydrogens (tertiary/aromatic N) is 1. The van der Waals surface area contributed by atoms with Crippen LogP contribution in [0.2, 0.25) is 0 Å². The Hall–Kier alpha value is -3.88. The van der Waals surface area contributed by atoms with Crippen LogP contribution in [-0.4, -0.2) is 55.9 Å². The van der Waals surface area contributed by atoms with Gasteiger partial charge in [-0.2, -0.15) is 0 Å². The molecule has 0 fully saturated rings. The monoisotopic (exact) mass is 481 g/mol. The molecule has 3 atom stereocenters. The van der Waals surface area contributed by atoms with Crippen LogP contribution >= 0.6 is 0 Å². The van der Waals surface area contributed by atoms with Gasteiger partial charge in [-0.25, -0.2) is 4.79 Å². The van der Waals surface area contributed by atoms with Crippen LogP contribution in [0.1, 0.15) is 36.5 Å². The number of carboxylic acid groups (broad SMARTS) is 1. The van der Waals surface area contributed by atoms with Crippen LogP contribution in [0.4, 0.5) is 0 Å². The fourth-order valence-corrected chi connectivity index (χ4v) is 4.86. The molecule has 0 bridgehead atoms. The van der Waals surface area contributed by atoms with Gasteiger partial charge >= 0.3 is 5.97 Å². The molecule has 0 saturated carbocycles. The first kappa shape index (κ1) is 22.9. The molecule has 3 aliphatic heterocycles. The molecule has 0 amide bonds. The number of carbonyl (C=O) groups is 1. The van der Waals surface area contributed by atoms with Gasteiger partial charge in [-0.05, 0) is 37.6 Å². The second-order valence-corrected chi connectivity index (χ2v) is 9.11. The lowest BCUT2D eigenvalue weighted by molar-refractivity contribution is -0.139. The van der Waals surface area contributed by atoms with Crippen molar-refractivity contribution in [2.75, 3.05) is 27.4 Å². The molecule has 0 radical (unpaired) electrons. The molecule has 9 heteroatoms. The SMILES string of the molecule is C=C(C)[C@H]1Cc2c(ccc(C3=NOC4(C)COc5cc(OC)c(OC)cc5C34)c2OCC(=O)O)O1. The summed E-state index contributed by atoms with van der Waals surface area (Å²) in [4.78, 5) is 17.3. The van der Waals surface area contributed by atoms with E-state index in [2.05, 4.69) is 11.7 Å². The maximum atomic E-state index is 11.4. The molecule has 5 rings (SSSR count). The van der Waals surface area contributed by atoms with Crippen LogP contribution in [-0.2, 0) is 16.1 Å². The zero-order chi connectivity index (χ0) is 24.9. The van der Waals surface area contributed by atoms with Gasteiger partial charge in [-0.3, -0.25) is 0 Å². The van der Waals surface area contributed by atoms with Gasteiger partial charge in [0.2, 0.25) is 0 Å². The molecule has 0 aliphatic carbocycles. The van der Waals surface area contributed by atoms with E-state index < -0.39 is 18.2 Å². The molecule has 1 N–H and O–H groups in total. The van der Waals surface area contributed by atoms with Crippen molar-refractivity contribution in [2.24, 2.45) is 5.16 Å². The maximum Gasteiger partial charge on any atom is 0.341 e. The Morgan fingerprint density at radius 2 is 1.97 bits per heavy atom. The van der Waals surface area contributed by atoms with Crippen LogP contribution in [0.25, 0.3) is 0 Å². The molecular formula is C26H27NO8. The van der Waals surface area contributed by atoms with Gasteiger partial charge in [0.15, 0.2) is 23.7 Å². The van der Waals surface area contributed by atoms with Crippen molar-refractivity contribution in [1.82, 2.24) is 0 Å². The summed E-state index contributed by atoms with van der Waals surface area (Å²) in [7, 11) is 3.14. The van der Waals surface area contributed by atoms with Gasteiger partial charge in [0.05, 0.1) is 20.1 Å². The largest absolute Gasteiger partial charge is 0.493 e. The van der Waals surface area contributed by atoms with Crippen molar-refractivity contribution in [2.45, 2.75) is 37.9 Å². The van der Waals surface area contributed by atoms with E-state index in [1.807, 2.05) is 32.0 Å². The van der Waals surface area contributed by atoms with E-state index in [0.717, 1.165) is 16.7 Å². The minimum Gasteiger partial charge on any atom is -0.493 e. The summed E-state index contributed by atoms with van der Waals surface area (Å²) in [6, 6.07) is 7.35. The molecule has 3 aliphatic rings. The Bertz CT molecular complexity index is 1250.